The van der Waals surface area contributed by atoms with Crippen molar-refractivity contribution in [2.45, 2.75) is 19.4 Å². The molecule has 0 amide bonds. The molecule has 1 aromatic carbocycles. The van der Waals surface area contributed by atoms with Gasteiger partial charge in [-0.05, 0) is 19.9 Å². The summed E-state index contributed by atoms with van der Waals surface area (Å²) >= 11 is 0. The Morgan fingerprint density at radius 3 is 2.81 bits per heavy atom. The maximum Gasteiger partial charge on any atom is 0.272 e. The second-order valence-electron chi connectivity index (χ2n) is 5.40. The molecular weight excluding hydrogens is 270 g/mol. The van der Waals surface area contributed by atoms with Gasteiger partial charge in [0.05, 0.1) is 18.1 Å². The van der Waals surface area contributed by atoms with Gasteiger partial charge in [-0.3, -0.25) is 15.0 Å². The zero-order valence-corrected chi connectivity index (χ0v) is 12.5. The Morgan fingerprint density at radius 1 is 1.38 bits per heavy atom. The van der Waals surface area contributed by atoms with Gasteiger partial charge in [-0.25, -0.2) is 0 Å². The largest absolute Gasteiger partial charge is 0.379 e. The predicted molar refractivity (Wildman–Crippen MR) is 81.5 cm³/mol. The average Bonchev–Trinajstić information content (AvgIpc) is 2.48. The number of nitrogens with zero attached hydrogens (tertiary/aromatic N) is 2. The molecule has 1 aromatic rings. The normalized spacial score (nSPS) is 17.6. The highest BCUT2D eigenvalue weighted by Gasteiger charge is 2.14. The maximum atomic E-state index is 10.9. The van der Waals surface area contributed by atoms with Crippen LogP contribution in [0.3, 0.4) is 0 Å². The Labute approximate surface area is 125 Å². The molecule has 116 valence electrons. The van der Waals surface area contributed by atoms with Crippen LogP contribution in [0.1, 0.15) is 12.5 Å². The molecule has 0 radical (unpaired) electrons. The van der Waals surface area contributed by atoms with Crippen molar-refractivity contribution in [1.29, 1.82) is 0 Å². The number of benzene rings is 1. The lowest BCUT2D eigenvalue weighted by Gasteiger charge is -2.29. The van der Waals surface area contributed by atoms with Gasteiger partial charge in [0.1, 0.15) is 0 Å². The number of para-hydroxylation sites is 1. The maximum absolute atomic E-state index is 10.9. The van der Waals surface area contributed by atoms with Gasteiger partial charge in [0, 0.05) is 37.3 Å². The van der Waals surface area contributed by atoms with Crippen LogP contribution >= 0.6 is 0 Å². The van der Waals surface area contributed by atoms with Gasteiger partial charge >= 0.3 is 0 Å². The second kappa shape index (κ2) is 8.07. The molecule has 2 rings (SSSR count). The minimum absolute atomic E-state index is 0.208. The summed E-state index contributed by atoms with van der Waals surface area (Å²) in [6.45, 7) is 7.46. The van der Waals surface area contributed by atoms with E-state index in [9.17, 15) is 10.1 Å². The summed E-state index contributed by atoms with van der Waals surface area (Å²) < 4.78 is 5.33. The summed E-state index contributed by atoms with van der Waals surface area (Å²) in [6.07, 6.45) is 0.671. The van der Waals surface area contributed by atoms with Crippen LogP contribution in [-0.2, 0) is 11.2 Å². The van der Waals surface area contributed by atoms with E-state index in [0.29, 0.717) is 12.5 Å². The first-order valence-corrected chi connectivity index (χ1v) is 7.42. The molecule has 1 fully saturated rings. The van der Waals surface area contributed by atoms with Crippen LogP contribution < -0.4 is 5.32 Å². The molecule has 1 unspecified atom stereocenters. The van der Waals surface area contributed by atoms with Crippen LogP contribution in [0.4, 0.5) is 5.69 Å². The SMILES string of the molecule is CC(CN1CCOCC1)NCCc1ccccc1[N+](=O)[O-]. The van der Waals surface area contributed by atoms with E-state index in [2.05, 4.69) is 17.1 Å². The first kappa shape index (κ1) is 15.9. The second-order valence-corrected chi connectivity index (χ2v) is 5.40. The molecule has 0 aromatic heterocycles. The smallest absolute Gasteiger partial charge is 0.272 e. The van der Waals surface area contributed by atoms with Crippen LogP contribution in [0.15, 0.2) is 24.3 Å². The van der Waals surface area contributed by atoms with Crippen LogP contribution in [0.25, 0.3) is 0 Å². The molecule has 6 heteroatoms. The van der Waals surface area contributed by atoms with E-state index in [0.717, 1.165) is 45.0 Å². The molecule has 0 bridgehead atoms. The van der Waals surface area contributed by atoms with Crippen molar-refractivity contribution in [2.75, 3.05) is 39.4 Å². The van der Waals surface area contributed by atoms with E-state index in [-0.39, 0.29) is 10.6 Å². The van der Waals surface area contributed by atoms with Gasteiger partial charge in [-0.2, -0.15) is 0 Å². The fourth-order valence-electron chi connectivity index (χ4n) is 2.59. The predicted octanol–water partition coefficient (Wildman–Crippen LogP) is 1.45. The summed E-state index contributed by atoms with van der Waals surface area (Å²) in [5, 5.41) is 14.4. The van der Waals surface area contributed by atoms with Crippen LogP contribution in [0.5, 0.6) is 0 Å². The first-order valence-electron chi connectivity index (χ1n) is 7.42. The highest BCUT2D eigenvalue weighted by molar-refractivity contribution is 5.39. The van der Waals surface area contributed by atoms with E-state index in [1.165, 1.54) is 0 Å². The fourth-order valence-corrected chi connectivity index (χ4v) is 2.59. The number of rotatable bonds is 7. The third kappa shape index (κ3) is 5.08. The molecule has 0 saturated carbocycles. The molecule has 1 aliphatic rings. The van der Waals surface area contributed by atoms with Gasteiger partial charge in [0.2, 0.25) is 0 Å². The molecule has 21 heavy (non-hydrogen) atoms. The first-order chi connectivity index (χ1) is 10.2. The molecule has 6 nitrogen and oxygen atoms in total. The van der Waals surface area contributed by atoms with Gasteiger partial charge < -0.3 is 10.1 Å². The van der Waals surface area contributed by atoms with Crippen molar-refractivity contribution in [3.8, 4) is 0 Å². The number of hydrogen-bond acceptors (Lipinski definition) is 5. The number of nitrogens with one attached hydrogen (secondary N) is 1. The number of hydrogen-bond donors (Lipinski definition) is 1. The number of nitro groups is 1. The molecule has 1 N–H and O–H groups in total. The minimum Gasteiger partial charge on any atom is -0.379 e. The number of nitro benzene ring substituents is 1. The van der Waals surface area contributed by atoms with E-state index >= 15 is 0 Å². The third-order valence-electron chi connectivity index (χ3n) is 3.71. The van der Waals surface area contributed by atoms with E-state index in [4.69, 9.17) is 4.74 Å². The summed E-state index contributed by atoms with van der Waals surface area (Å²) in [4.78, 5) is 13.0. The Bertz CT molecular complexity index is 461. The van der Waals surface area contributed by atoms with Crippen molar-refractivity contribution in [1.82, 2.24) is 10.2 Å². The molecule has 1 aliphatic heterocycles. The van der Waals surface area contributed by atoms with Crippen molar-refractivity contribution in [2.24, 2.45) is 0 Å². The molecular formula is C15H23N3O3. The zero-order valence-electron chi connectivity index (χ0n) is 12.5. The van der Waals surface area contributed by atoms with Crippen molar-refractivity contribution < 1.29 is 9.66 Å². The fraction of sp³-hybridized carbons (Fsp3) is 0.600. The van der Waals surface area contributed by atoms with Gasteiger partial charge in [-0.1, -0.05) is 18.2 Å². The summed E-state index contributed by atoms with van der Waals surface area (Å²) in [5.74, 6) is 0. The molecule has 1 heterocycles. The summed E-state index contributed by atoms with van der Waals surface area (Å²) in [6, 6.07) is 7.31. The van der Waals surface area contributed by atoms with E-state index in [1.807, 2.05) is 12.1 Å². The highest BCUT2D eigenvalue weighted by Crippen LogP contribution is 2.17. The van der Waals surface area contributed by atoms with Gasteiger partial charge in [0.15, 0.2) is 0 Å². The van der Waals surface area contributed by atoms with Gasteiger partial charge in [-0.15, -0.1) is 0 Å². The third-order valence-corrected chi connectivity index (χ3v) is 3.71. The lowest BCUT2D eigenvalue weighted by molar-refractivity contribution is -0.385. The molecule has 1 atom stereocenters. The quantitative estimate of drug-likeness (QED) is 0.609. The molecule has 0 aliphatic carbocycles. The Kier molecular flexibility index (Phi) is 6.10. The molecule has 0 spiro atoms. The Balaban J connectivity index is 1.74. The van der Waals surface area contributed by atoms with Crippen LogP contribution in [0.2, 0.25) is 0 Å². The van der Waals surface area contributed by atoms with Gasteiger partial charge in [0.25, 0.3) is 5.69 Å². The van der Waals surface area contributed by atoms with Crippen molar-refractivity contribution in [3.63, 3.8) is 0 Å². The lowest BCUT2D eigenvalue weighted by Crippen LogP contribution is -2.44. The van der Waals surface area contributed by atoms with Crippen molar-refractivity contribution in [3.05, 3.63) is 39.9 Å². The number of ether oxygens (including phenoxy) is 1. The summed E-state index contributed by atoms with van der Waals surface area (Å²) in [5.41, 5.74) is 0.994. The molecule has 1 saturated heterocycles. The lowest BCUT2D eigenvalue weighted by atomic mass is 10.1. The van der Waals surface area contributed by atoms with Crippen LogP contribution in [0, 0.1) is 10.1 Å². The average molecular weight is 293 g/mol. The summed E-state index contributed by atoms with van der Waals surface area (Å²) in [7, 11) is 0. The zero-order chi connectivity index (χ0) is 15.1. The Morgan fingerprint density at radius 2 is 2.10 bits per heavy atom. The minimum atomic E-state index is -0.313. The van der Waals surface area contributed by atoms with E-state index < -0.39 is 0 Å². The standard InChI is InChI=1S/C15H23N3O3/c1-13(12-17-8-10-21-11-9-17)16-7-6-14-4-2-3-5-15(14)18(19)20/h2-5,13,16H,6-12H2,1H3. The highest BCUT2D eigenvalue weighted by atomic mass is 16.6. The monoisotopic (exact) mass is 293 g/mol. The topological polar surface area (TPSA) is 67.6 Å². The van der Waals surface area contributed by atoms with Crippen LogP contribution in [-0.4, -0.2) is 55.3 Å². The van der Waals surface area contributed by atoms with E-state index in [1.54, 1.807) is 12.1 Å². The van der Waals surface area contributed by atoms with Crippen molar-refractivity contribution >= 4 is 5.69 Å². The Hall–Kier alpha value is -1.50. The number of morpholine rings is 1.